The zero-order valence-corrected chi connectivity index (χ0v) is 20.9. The predicted octanol–water partition coefficient (Wildman–Crippen LogP) is 3.77. The molecule has 0 aromatic heterocycles. The van der Waals surface area contributed by atoms with E-state index in [9.17, 15) is 0 Å². The quantitative estimate of drug-likeness (QED) is 0.531. The van der Waals surface area contributed by atoms with E-state index in [-0.39, 0.29) is 11.7 Å². The normalized spacial score (nSPS) is 25.9. The molecule has 3 N–H and O–H groups in total. The lowest BCUT2D eigenvalue weighted by Gasteiger charge is -2.63. The second-order valence-corrected chi connectivity index (χ2v) is 10.5. The Hall–Kier alpha value is -3.06. The van der Waals surface area contributed by atoms with Gasteiger partial charge in [0.05, 0.1) is 24.0 Å². The van der Waals surface area contributed by atoms with Gasteiger partial charge >= 0.3 is 0 Å². The molecule has 7 rings (SSSR count). The topological polar surface area (TPSA) is 45.8 Å². The van der Waals surface area contributed by atoms with Crippen molar-refractivity contribution in [1.82, 2.24) is 15.6 Å². The molecule has 2 atom stereocenters. The molecule has 3 aromatic rings. The molecule has 3 aromatic carbocycles. The maximum absolute atomic E-state index is 4.05. The van der Waals surface area contributed by atoms with Crippen LogP contribution in [0.3, 0.4) is 0 Å². The van der Waals surface area contributed by atoms with Crippen molar-refractivity contribution in [3.63, 3.8) is 0 Å². The maximum Gasteiger partial charge on any atom is 0.165 e. The molecule has 36 heavy (non-hydrogen) atoms. The molecule has 4 aliphatic rings. The molecular weight excluding hydrogens is 444 g/mol. The molecule has 4 aliphatic heterocycles. The highest BCUT2D eigenvalue weighted by Gasteiger charge is 2.55. The number of hydrazine groups is 1. The third-order valence-corrected chi connectivity index (χ3v) is 8.56. The van der Waals surface area contributed by atoms with Crippen molar-refractivity contribution in [2.45, 2.75) is 31.0 Å². The van der Waals surface area contributed by atoms with Crippen molar-refractivity contribution in [1.29, 1.82) is 0 Å². The fourth-order valence-electron chi connectivity index (χ4n) is 7.01. The zero-order valence-electron chi connectivity index (χ0n) is 20.9. The Labute approximate surface area is 214 Å². The number of fused-ring (bicyclic) bond motifs is 3. The smallest absolute Gasteiger partial charge is 0.165 e. The molecule has 0 aliphatic carbocycles. The highest BCUT2D eigenvalue weighted by Crippen LogP contribution is 2.49. The van der Waals surface area contributed by atoms with Gasteiger partial charge in [0.1, 0.15) is 0 Å². The van der Waals surface area contributed by atoms with E-state index in [1.165, 1.54) is 40.2 Å². The number of hydrogen-bond acceptors (Lipinski definition) is 6. The Bertz CT molecular complexity index is 1180. The molecule has 1 fully saturated rings. The zero-order chi connectivity index (χ0) is 24.0. The molecule has 0 amide bonds. The van der Waals surface area contributed by atoms with Crippen molar-refractivity contribution in [2.24, 2.45) is 0 Å². The average molecular weight is 481 g/mol. The van der Waals surface area contributed by atoms with Gasteiger partial charge in [-0.15, -0.1) is 0 Å². The molecule has 4 heterocycles. The van der Waals surface area contributed by atoms with Gasteiger partial charge < -0.3 is 20.9 Å². The van der Waals surface area contributed by atoms with E-state index in [0.717, 1.165) is 58.7 Å². The number of anilines is 3. The van der Waals surface area contributed by atoms with Crippen LogP contribution in [-0.2, 0) is 12.8 Å². The van der Waals surface area contributed by atoms with E-state index >= 15 is 0 Å². The van der Waals surface area contributed by atoms with E-state index in [1.54, 1.807) is 0 Å². The first-order chi connectivity index (χ1) is 17.9. The van der Waals surface area contributed by atoms with Crippen LogP contribution in [0.5, 0.6) is 0 Å². The third-order valence-electron chi connectivity index (χ3n) is 8.56. The fourth-order valence-corrected chi connectivity index (χ4v) is 7.01. The van der Waals surface area contributed by atoms with Gasteiger partial charge in [-0.2, -0.15) is 0 Å². The van der Waals surface area contributed by atoms with Crippen LogP contribution in [0.25, 0.3) is 0 Å². The lowest BCUT2D eigenvalue weighted by molar-refractivity contribution is 0.120. The molecule has 2 unspecified atom stereocenters. The third kappa shape index (κ3) is 3.43. The van der Waals surface area contributed by atoms with Gasteiger partial charge in [0.2, 0.25) is 0 Å². The molecule has 0 radical (unpaired) electrons. The van der Waals surface area contributed by atoms with Gasteiger partial charge in [0.15, 0.2) is 5.66 Å². The standard InChI is InChI=1S/C30H36N6/c1-3-11-25-23(8-1)15-16-32-29(25)30(35-19-7-10-24-9-2-5-13-27(24)35)22-33-26-12-4-6-14-28(26)36(30)34-20-17-31-18-21-34/h1-6,8-9,11-14,29,31-33H,7,10,15-22H2. The summed E-state index contributed by atoms with van der Waals surface area (Å²) in [4.78, 5) is 2.75. The Morgan fingerprint density at radius 3 is 2.36 bits per heavy atom. The SMILES string of the molecule is c1ccc2c(c1)CCNC2C1(N2CCCc3ccccc32)CNc2ccccc2N1N1CCNCC1. The lowest BCUT2D eigenvalue weighted by Crippen LogP contribution is -2.77. The number of rotatable bonds is 3. The second-order valence-electron chi connectivity index (χ2n) is 10.5. The minimum absolute atomic E-state index is 0.157. The molecular formula is C30H36N6. The first kappa shape index (κ1) is 22.2. The van der Waals surface area contributed by atoms with E-state index in [1.807, 2.05) is 0 Å². The highest BCUT2D eigenvalue weighted by molar-refractivity contribution is 5.76. The largest absolute Gasteiger partial charge is 0.379 e. The molecule has 186 valence electrons. The number of hydrogen-bond donors (Lipinski definition) is 3. The second kappa shape index (κ2) is 9.11. The minimum atomic E-state index is -0.335. The number of para-hydroxylation sites is 3. The fraction of sp³-hybridized carbons (Fsp3) is 0.400. The monoisotopic (exact) mass is 480 g/mol. The highest BCUT2D eigenvalue weighted by atomic mass is 15.7. The summed E-state index contributed by atoms with van der Waals surface area (Å²) in [6.07, 6.45) is 3.40. The maximum atomic E-state index is 4.05. The average Bonchev–Trinajstić information content (AvgIpc) is 2.96. The predicted molar refractivity (Wildman–Crippen MR) is 148 cm³/mol. The molecule has 1 saturated heterocycles. The van der Waals surface area contributed by atoms with E-state index in [4.69, 9.17) is 0 Å². The van der Waals surface area contributed by atoms with E-state index < -0.39 is 0 Å². The van der Waals surface area contributed by atoms with E-state index in [0.29, 0.717) is 0 Å². The van der Waals surface area contributed by atoms with Gasteiger partial charge in [0.25, 0.3) is 0 Å². The Kier molecular flexibility index (Phi) is 5.61. The summed E-state index contributed by atoms with van der Waals surface area (Å²) >= 11 is 0. The van der Waals surface area contributed by atoms with Gasteiger partial charge in [-0.1, -0.05) is 54.6 Å². The number of benzene rings is 3. The summed E-state index contributed by atoms with van der Waals surface area (Å²) in [5.41, 5.74) is 7.93. The lowest BCUT2D eigenvalue weighted by atomic mass is 9.81. The summed E-state index contributed by atoms with van der Waals surface area (Å²) in [5, 5.41) is 16.9. The number of piperazine rings is 1. The van der Waals surface area contributed by atoms with Crippen LogP contribution in [-0.4, -0.2) is 56.5 Å². The summed E-state index contributed by atoms with van der Waals surface area (Å²) < 4.78 is 0. The first-order valence-electron chi connectivity index (χ1n) is 13.6. The van der Waals surface area contributed by atoms with Gasteiger partial charge in [-0.25, -0.2) is 5.01 Å². The van der Waals surface area contributed by atoms with Crippen LogP contribution in [0.2, 0.25) is 0 Å². The Morgan fingerprint density at radius 2 is 1.47 bits per heavy atom. The van der Waals surface area contributed by atoms with Crippen molar-refractivity contribution in [3.8, 4) is 0 Å². The van der Waals surface area contributed by atoms with Gasteiger partial charge in [0, 0.05) is 38.4 Å². The van der Waals surface area contributed by atoms with Gasteiger partial charge in [-0.05, 0) is 60.7 Å². The first-order valence-corrected chi connectivity index (χ1v) is 13.6. The van der Waals surface area contributed by atoms with Crippen LogP contribution < -0.4 is 25.9 Å². The summed E-state index contributed by atoms with van der Waals surface area (Å²) in [6, 6.07) is 27.3. The Balaban J connectivity index is 1.49. The van der Waals surface area contributed by atoms with Crippen LogP contribution >= 0.6 is 0 Å². The van der Waals surface area contributed by atoms with Crippen molar-refractivity contribution < 1.29 is 0 Å². The molecule has 0 bridgehead atoms. The van der Waals surface area contributed by atoms with Crippen molar-refractivity contribution in [2.75, 3.05) is 61.0 Å². The van der Waals surface area contributed by atoms with Crippen LogP contribution in [0.1, 0.15) is 29.2 Å². The minimum Gasteiger partial charge on any atom is -0.379 e. The van der Waals surface area contributed by atoms with Crippen LogP contribution in [0.4, 0.5) is 17.1 Å². The molecule has 0 spiro atoms. The summed E-state index contributed by atoms with van der Waals surface area (Å²) in [7, 11) is 0. The van der Waals surface area contributed by atoms with E-state index in [2.05, 4.69) is 104 Å². The van der Waals surface area contributed by atoms with Crippen molar-refractivity contribution >= 4 is 17.1 Å². The summed E-state index contributed by atoms with van der Waals surface area (Å²) in [6.45, 7) is 6.90. The molecule has 6 heteroatoms. The van der Waals surface area contributed by atoms with Crippen LogP contribution in [0.15, 0.2) is 72.8 Å². The molecule has 0 saturated carbocycles. The van der Waals surface area contributed by atoms with Crippen LogP contribution in [0, 0.1) is 0 Å². The van der Waals surface area contributed by atoms with Crippen molar-refractivity contribution in [3.05, 3.63) is 89.5 Å². The summed E-state index contributed by atoms with van der Waals surface area (Å²) in [5.74, 6) is 0. The Morgan fingerprint density at radius 1 is 0.722 bits per heavy atom. The number of nitrogens with zero attached hydrogens (tertiary/aromatic N) is 3. The molecule has 6 nitrogen and oxygen atoms in total. The van der Waals surface area contributed by atoms with Gasteiger partial charge in [-0.3, -0.25) is 5.01 Å². The number of aryl methyl sites for hydroxylation is 1. The number of nitrogens with one attached hydrogen (secondary N) is 3.